The number of likely N-dealkylation sites (tertiary alicyclic amines) is 1. The van der Waals surface area contributed by atoms with Crippen molar-refractivity contribution < 1.29 is 22.8 Å². The molecule has 0 radical (unpaired) electrons. The zero-order valence-electron chi connectivity index (χ0n) is 17.5. The predicted molar refractivity (Wildman–Crippen MR) is 116 cm³/mol. The first-order valence-corrected chi connectivity index (χ1v) is 11.0. The van der Waals surface area contributed by atoms with E-state index in [9.17, 15) is 22.8 Å². The first kappa shape index (κ1) is 22.2. The molecule has 3 aromatic heterocycles. The molecule has 0 bridgehead atoms. The van der Waals surface area contributed by atoms with Crippen molar-refractivity contribution >= 4 is 39.2 Å². The van der Waals surface area contributed by atoms with E-state index in [1.165, 1.54) is 6.07 Å². The van der Waals surface area contributed by atoms with E-state index in [1.54, 1.807) is 24.1 Å². The number of nitrogens with one attached hydrogen (secondary N) is 1. The van der Waals surface area contributed by atoms with Crippen molar-refractivity contribution in [1.82, 2.24) is 14.9 Å². The average molecular weight is 462 g/mol. The number of amides is 2. The van der Waals surface area contributed by atoms with Crippen LogP contribution >= 0.6 is 11.3 Å². The van der Waals surface area contributed by atoms with Crippen LogP contribution in [0.5, 0.6) is 0 Å². The minimum absolute atomic E-state index is 0.178. The Balaban J connectivity index is 1.51. The minimum atomic E-state index is -4.55. The highest BCUT2D eigenvalue weighted by Crippen LogP contribution is 2.35. The summed E-state index contributed by atoms with van der Waals surface area (Å²) in [6.07, 6.45) is -1.58. The van der Waals surface area contributed by atoms with E-state index in [1.807, 2.05) is 13.0 Å². The minimum Gasteiger partial charge on any atom is -0.337 e. The lowest BCUT2D eigenvalue weighted by Gasteiger charge is -2.31. The summed E-state index contributed by atoms with van der Waals surface area (Å²) in [4.78, 5) is 35.9. The van der Waals surface area contributed by atoms with Crippen molar-refractivity contribution in [3.05, 3.63) is 52.2 Å². The first-order chi connectivity index (χ1) is 15.1. The van der Waals surface area contributed by atoms with Crippen molar-refractivity contribution in [3.8, 4) is 0 Å². The fraction of sp³-hybridized carbons (Fsp3) is 0.364. The summed E-state index contributed by atoms with van der Waals surface area (Å²) in [5.74, 6) is -0.426. The summed E-state index contributed by atoms with van der Waals surface area (Å²) in [7, 11) is 0. The van der Waals surface area contributed by atoms with Crippen LogP contribution < -0.4 is 5.32 Å². The Labute approximate surface area is 186 Å². The van der Waals surface area contributed by atoms with E-state index >= 15 is 0 Å². The molecule has 10 heteroatoms. The van der Waals surface area contributed by atoms with Gasteiger partial charge in [-0.3, -0.25) is 9.59 Å². The van der Waals surface area contributed by atoms with Crippen LogP contribution in [-0.2, 0) is 11.0 Å². The molecule has 1 unspecified atom stereocenters. The lowest BCUT2D eigenvalue weighted by atomic mass is 9.96. The van der Waals surface area contributed by atoms with Crippen molar-refractivity contribution in [3.63, 3.8) is 0 Å². The van der Waals surface area contributed by atoms with Gasteiger partial charge in [0.1, 0.15) is 16.3 Å². The molecule has 3 aromatic rings. The van der Waals surface area contributed by atoms with Gasteiger partial charge in [0.25, 0.3) is 5.91 Å². The number of fused-ring (bicyclic) bond motifs is 1. The molecular weight excluding hydrogens is 441 g/mol. The zero-order valence-corrected chi connectivity index (χ0v) is 18.3. The van der Waals surface area contributed by atoms with Crippen LogP contribution in [0.3, 0.4) is 0 Å². The molecule has 2 amide bonds. The largest absolute Gasteiger partial charge is 0.433 e. The van der Waals surface area contributed by atoms with Crippen LogP contribution in [0.25, 0.3) is 10.2 Å². The molecule has 4 rings (SSSR count). The molecule has 4 heterocycles. The van der Waals surface area contributed by atoms with Crippen molar-refractivity contribution in [2.45, 2.75) is 32.9 Å². The Morgan fingerprint density at radius 3 is 2.66 bits per heavy atom. The smallest absolute Gasteiger partial charge is 0.337 e. The monoisotopic (exact) mass is 462 g/mol. The molecule has 1 atom stereocenters. The van der Waals surface area contributed by atoms with Gasteiger partial charge in [0.15, 0.2) is 0 Å². The lowest BCUT2D eigenvalue weighted by Crippen LogP contribution is -2.43. The van der Waals surface area contributed by atoms with Crippen molar-refractivity contribution in [1.29, 1.82) is 0 Å². The SMILES string of the molecule is Cc1ccc(NC(=O)C2CCCN(C(=O)c3sc4nc(C(F)(F)F)ccc4c3C)C2)nc1. The maximum Gasteiger partial charge on any atom is 0.433 e. The number of thiophene rings is 1. The van der Waals surface area contributed by atoms with Gasteiger partial charge < -0.3 is 10.2 Å². The van der Waals surface area contributed by atoms with Gasteiger partial charge in [0.05, 0.1) is 10.8 Å². The summed E-state index contributed by atoms with van der Waals surface area (Å²) in [5.41, 5.74) is 0.601. The Kier molecular flexibility index (Phi) is 5.89. The normalized spacial score (nSPS) is 16.9. The van der Waals surface area contributed by atoms with Gasteiger partial charge in [-0.25, -0.2) is 9.97 Å². The molecule has 1 N–H and O–H groups in total. The highest BCUT2D eigenvalue weighted by atomic mass is 32.1. The number of pyridine rings is 2. The second-order valence-electron chi connectivity index (χ2n) is 7.90. The average Bonchev–Trinajstić information content (AvgIpc) is 3.10. The molecule has 0 aromatic carbocycles. The predicted octanol–water partition coefficient (Wildman–Crippen LogP) is 4.82. The van der Waals surface area contributed by atoms with Crippen molar-refractivity contribution in [2.24, 2.45) is 5.92 Å². The van der Waals surface area contributed by atoms with Gasteiger partial charge >= 0.3 is 6.18 Å². The van der Waals surface area contributed by atoms with Crippen LogP contribution in [0.15, 0.2) is 30.5 Å². The Morgan fingerprint density at radius 1 is 1.19 bits per heavy atom. The number of halogens is 3. The summed E-state index contributed by atoms with van der Waals surface area (Å²) in [5, 5.41) is 3.32. The summed E-state index contributed by atoms with van der Waals surface area (Å²) < 4.78 is 39.0. The molecule has 1 fully saturated rings. The van der Waals surface area contributed by atoms with E-state index in [0.717, 1.165) is 23.0 Å². The molecule has 1 saturated heterocycles. The van der Waals surface area contributed by atoms with Crippen LogP contribution in [0.4, 0.5) is 19.0 Å². The molecular formula is C22H21F3N4O2S. The maximum atomic E-state index is 13.2. The van der Waals surface area contributed by atoms with E-state index < -0.39 is 11.9 Å². The number of anilines is 1. The number of aryl methyl sites for hydroxylation is 2. The van der Waals surface area contributed by atoms with Crippen LogP contribution in [0, 0.1) is 19.8 Å². The van der Waals surface area contributed by atoms with E-state index in [-0.39, 0.29) is 29.1 Å². The number of rotatable bonds is 3. The molecule has 32 heavy (non-hydrogen) atoms. The number of nitrogens with zero attached hydrogens (tertiary/aromatic N) is 3. The summed E-state index contributed by atoms with van der Waals surface area (Å²) in [6.45, 7) is 4.34. The van der Waals surface area contributed by atoms with Gasteiger partial charge in [0, 0.05) is 24.7 Å². The number of piperidine rings is 1. The first-order valence-electron chi connectivity index (χ1n) is 10.1. The van der Waals surface area contributed by atoms with Gasteiger partial charge in [-0.05, 0) is 56.0 Å². The zero-order chi connectivity index (χ0) is 23.0. The van der Waals surface area contributed by atoms with Gasteiger partial charge in [-0.2, -0.15) is 13.2 Å². The number of aromatic nitrogens is 2. The molecule has 1 aliphatic rings. The van der Waals surface area contributed by atoms with Crippen LogP contribution in [-0.4, -0.2) is 39.8 Å². The molecule has 168 valence electrons. The molecule has 0 saturated carbocycles. The molecule has 1 aliphatic heterocycles. The van der Waals surface area contributed by atoms with Crippen molar-refractivity contribution in [2.75, 3.05) is 18.4 Å². The molecule has 6 nitrogen and oxygen atoms in total. The molecule has 0 aliphatic carbocycles. The quantitative estimate of drug-likeness (QED) is 0.606. The number of carbonyl (C=O) groups is 2. The standard InChI is InChI=1S/C22H21F3N4O2S/c1-12-5-8-17(26-10-12)28-19(30)14-4-3-9-29(11-14)21(31)18-13(2)15-6-7-16(22(23,24)25)27-20(15)32-18/h5-8,10,14H,3-4,9,11H2,1-2H3,(H,26,28,30). The lowest BCUT2D eigenvalue weighted by molar-refractivity contribution is -0.140. The Morgan fingerprint density at radius 2 is 1.97 bits per heavy atom. The molecule has 0 spiro atoms. The Hall–Kier alpha value is -3.01. The summed E-state index contributed by atoms with van der Waals surface area (Å²) >= 11 is 0.957. The van der Waals surface area contributed by atoms with Gasteiger partial charge in [-0.1, -0.05) is 6.07 Å². The third kappa shape index (κ3) is 4.45. The third-order valence-electron chi connectivity index (χ3n) is 5.53. The second-order valence-corrected chi connectivity index (χ2v) is 8.90. The number of carbonyl (C=O) groups excluding carboxylic acids is 2. The van der Waals surface area contributed by atoms with E-state index in [2.05, 4.69) is 15.3 Å². The fourth-order valence-electron chi connectivity index (χ4n) is 3.75. The third-order valence-corrected chi connectivity index (χ3v) is 6.72. The van der Waals surface area contributed by atoms with Gasteiger partial charge in [-0.15, -0.1) is 11.3 Å². The van der Waals surface area contributed by atoms with Crippen LogP contribution in [0.2, 0.25) is 0 Å². The highest BCUT2D eigenvalue weighted by molar-refractivity contribution is 7.20. The second kappa shape index (κ2) is 8.50. The number of alkyl halides is 3. The van der Waals surface area contributed by atoms with Gasteiger partial charge in [0.2, 0.25) is 5.91 Å². The van der Waals surface area contributed by atoms with Crippen LogP contribution in [0.1, 0.15) is 39.3 Å². The number of hydrogen-bond donors (Lipinski definition) is 1. The Bertz CT molecular complexity index is 1170. The van der Waals surface area contributed by atoms with E-state index in [4.69, 9.17) is 0 Å². The topological polar surface area (TPSA) is 75.2 Å². The highest BCUT2D eigenvalue weighted by Gasteiger charge is 2.34. The number of hydrogen-bond acceptors (Lipinski definition) is 5. The summed E-state index contributed by atoms with van der Waals surface area (Å²) in [6, 6.07) is 5.86. The fourth-order valence-corrected chi connectivity index (χ4v) is 4.90. The maximum absolute atomic E-state index is 13.2. The van der Waals surface area contributed by atoms with E-state index in [0.29, 0.717) is 41.0 Å².